The summed E-state index contributed by atoms with van der Waals surface area (Å²) in [5, 5.41) is 4.25. The maximum Gasteiger partial charge on any atom is 0.446 e. The van der Waals surface area contributed by atoms with Crippen LogP contribution in [0.5, 0.6) is 0 Å². The number of benzene rings is 1. The van der Waals surface area contributed by atoms with E-state index >= 15 is 0 Å². The molecule has 0 radical (unpaired) electrons. The molecule has 1 unspecified atom stereocenters. The van der Waals surface area contributed by atoms with Crippen LogP contribution in [0, 0.1) is 0 Å². The second-order valence-corrected chi connectivity index (χ2v) is 11.1. The minimum absolute atomic E-state index is 0.136. The molecule has 0 aliphatic carbocycles. The molecule has 1 aromatic carbocycles. The molecule has 8 heteroatoms. The lowest BCUT2D eigenvalue weighted by Crippen LogP contribution is -2.18. The highest BCUT2D eigenvalue weighted by Gasteiger charge is 2.21. The molecule has 1 aromatic rings. The Hall–Kier alpha value is -0.700. The number of hydrogen-bond donors (Lipinski definition) is 0. The van der Waals surface area contributed by atoms with E-state index in [0.717, 1.165) is 15.0 Å². The van der Waals surface area contributed by atoms with Crippen molar-refractivity contribution in [2.24, 2.45) is 5.16 Å². The van der Waals surface area contributed by atoms with Crippen LogP contribution in [0.2, 0.25) is 0 Å². The number of nitrogens with zero attached hydrogens (tertiary/aromatic N) is 2. The number of amides is 1. The third kappa shape index (κ3) is 6.51. The zero-order valence-corrected chi connectivity index (χ0v) is 18.0. The first kappa shape index (κ1) is 20.6. The fourth-order valence-corrected chi connectivity index (χ4v) is 5.73. The van der Waals surface area contributed by atoms with E-state index in [2.05, 4.69) is 56.8 Å². The molecule has 0 saturated carbocycles. The van der Waals surface area contributed by atoms with Crippen LogP contribution in [0.3, 0.4) is 0 Å². The minimum Gasteiger partial charge on any atom is -0.296 e. The van der Waals surface area contributed by atoms with Gasteiger partial charge in [0, 0.05) is 33.9 Å². The number of oxime groups is 1. The summed E-state index contributed by atoms with van der Waals surface area (Å²) in [6.07, 6.45) is 1.39. The van der Waals surface area contributed by atoms with E-state index in [9.17, 15) is 4.79 Å². The van der Waals surface area contributed by atoms with E-state index in [1.165, 1.54) is 31.6 Å². The number of carbonyl (C=O) groups excluding carboxylic acids is 1. The average molecular weight is 415 g/mol. The van der Waals surface area contributed by atoms with Gasteiger partial charge < -0.3 is 0 Å². The Morgan fingerprint density at radius 2 is 2.08 bits per heavy atom. The van der Waals surface area contributed by atoms with Gasteiger partial charge in [0.1, 0.15) is 0 Å². The number of hydrogen-bond acceptors (Lipinski definition) is 7. The van der Waals surface area contributed by atoms with Gasteiger partial charge in [0.25, 0.3) is 0 Å². The first-order valence-corrected chi connectivity index (χ1v) is 11.7. The second kappa shape index (κ2) is 9.30. The monoisotopic (exact) mass is 414 g/mol. The van der Waals surface area contributed by atoms with Crippen molar-refractivity contribution in [3.05, 3.63) is 42.5 Å². The van der Waals surface area contributed by atoms with Gasteiger partial charge in [-0.3, -0.25) is 4.84 Å². The number of rotatable bonds is 5. The third-order valence-corrected chi connectivity index (χ3v) is 8.33. The van der Waals surface area contributed by atoms with E-state index in [0.29, 0.717) is 5.25 Å². The van der Waals surface area contributed by atoms with Crippen LogP contribution < -0.4 is 0 Å². The van der Waals surface area contributed by atoms with E-state index < -0.39 is 6.09 Å². The molecule has 2 rings (SSSR count). The molecule has 25 heavy (non-hydrogen) atoms. The van der Waals surface area contributed by atoms with E-state index in [1.807, 2.05) is 6.08 Å². The third-order valence-electron chi connectivity index (χ3n) is 3.31. The van der Waals surface area contributed by atoms with Crippen LogP contribution >= 0.6 is 45.3 Å². The SMILES string of the molecule is C=CC1CSC(=NOC(=O)N(C)SSc2ccc(C(C)(C)C)cc2)S1. The van der Waals surface area contributed by atoms with Gasteiger partial charge in [0.05, 0.1) is 0 Å². The smallest absolute Gasteiger partial charge is 0.296 e. The lowest BCUT2D eigenvalue weighted by molar-refractivity contribution is 0.138. The van der Waals surface area contributed by atoms with Crippen molar-refractivity contribution < 1.29 is 9.63 Å². The van der Waals surface area contributed by atoms with Gasteiger partial charge in [-0.05, 0) is 33.9 Å². The van der Waals surface area contributed by atoms with Crippen molar-refractivity contribution in [2.75, 3.05) is 12.8 Å². The van der Waals surface area contributed by atoms with Crippen molar-refractivity contribution in [2.45, 2.75) is 36.3 Å². The molecule has 136 valence electrons. The molecule has 0 N–H and O–H groups in total. The summed E-state index contributed by atoms with van der Waals surface area (Å²) in [6, 6.07) is 8.38. The fraction of sp³-hybridized carbons (Fsp3) is 0.412. The molecule has 1 heterocycles. The van der Waals surface area contributed by atoms with E-state index in [-0.39, 0.29) is 5.41 Å². The Morgan fingerprint density at radius 3 is 2.64 bits per heavy atom. The summed E-state index contributed by atoms with van der Waals surface area (Å²) in [5.41, 5.74) is 1.42. The number of carbonyl (C=O) groups is 1. The summed E-state index contributed by atoms with van der Waals surface area (Å²) < 4.78 is 2.20. The van der Waals surface area contributed by atoms with Crippen molar-refractivity contribution in [1.82, 2.24) is 4.31 Å². The molecule has 1 saturated heterocycles. The van der Waals surface area contributed by atoms with Gasteiger partial charge in [-0.15, -0.1) is 6.58 Å². The van der Waals surface area contributed by atoms with Gasteiger partial charge in [0.2, 0.25) is 0 Å². The van der Waals surface area contributed by atoms with Gasteiger partial charge in [-0.25, -0.2) is 9.10 Å². The Bertz CT molecular complexity index is 641. The largest absolute Gasteiger partial charge is 0.446 e. The standard InChI is InChI=1S/C17H22N2O2S4/c1-6-13-11-22-15(23-13)18-21-16(20)19(5)25-24-14-9-7-12(8-10-14)17(2,3)4/h6-10,13H,1,11H2,2-5H3. The molecule has 1 aliphatic rings. The maximum absolute atomic E-state index is 12.0. The molecule has 1 fully saturated rings. The van der Waals surface area contributed by atoms with Crippen molar-refractivity contribution in [3.63, 3.8) is 0 Å². The molecular weight excluding hydrogens is 392 g/mol. The second-order valence-electron chi connectivity index (χ2n) is 6.35. The van der Waals surface area contributed by atoms with Crippen LogP contribution in [0.1, 0.15) is 26.3 Å². The molecule has 1 atom stereocenters. The normalized spacial score (nSPS) is 19.0. The predicted octanol–water partition coefficient (Wildman–Crippen LogP) is 6.01. The summed E-state index contributed by atoms with van der Waals surface area (Å²) in [6.45, 7) is 10.3. The van der Waals surface area contributed by atoms with Gasteiger partial charge >= 0.3 is 6.09 Å². The van der Waals surface area contributed by atoms with Crippen LogP contribution in [-0.2, 0) is 10.3 Å². The highest BCUT2D eigenvalue weighted by molar-refractivity contribution is 8.75. The van der Waals surface area contributed by atoms with Gasteiger partial charge in [-0.2, -0.15) is 0 Å². The lowest BCUT2D eigenvalue weighted by atomic mass is 9.87. The molecule has 1 amide bonds. The minimum atomic E-state index is -0.487. The maximum atomic E-state index is 12.0. The summed E-state index contributed by atoms with van der Waals surface area (Å²) in [5.74, 6) is 0.912. The number of thioether (sulfide) groups is 2. The molecule has 0 spiro atoms. The van der Waals surface area contributed by atoms with Gasteiger partial charge in [0.15, 0.2) is 4.38 Å². The van der Waals surface area contributed by atoms with Crippen LogP contribution in [-0.4, -0.2) is 32.8 Å². The molecule has 1 aliphatic heterocycles. The Balaban J connectivity index is 1.79. The van der Waals surface area contributed by atoms with Crippen LogP contribution in [0.15, 0.2) is 47.0 Å². The molecule has 0 aromatic heterocycles. The zero-order chi connectivity index (χ0) is 18.4. The Kier molecular flexibility index (Phi) is 7.67. The van der Waals surface area contributed by atoms with Gasteiger partial charge in [-0.1, -0.05) is 67.7 Å². The highest BCUT2D eigenvalue weighted by atomic mass is 33.1. The predicted molar refractivity (Wildman–Crippen MR) is 114 cm³/mol. The average Bonchev–Trinajstić information content (AvgIpc) is 3.05. The van der Waals surface area contributed by atoms with Crippen molar-refractivity contribution in [1.29, 1.82) is 0 Å². The Morgan fingerprint density at radius 1 is 1.40 bits per heavy atom. The summed E-state index contributed by atoms with van der Waals surface area (Å²) in [4.78, 5) is 18.1. The quantitative estimate of drug-likeness (QED) is 0.193. The van der Waals surface area contributed by atoms with Crippen molar-refractivity contribution >= 4 is 55.8 Å². The van der Waals surface area contributed by atoms with Crippen LogP contribution in [0.25, 0.3) is 0 Å². The fourth-order valence-electron chi connectivity index (χ4n) is 1.79. The lowest BCUT2D eigenvalue weighted by Gasteiger charge is -2.19. The topological polar surface area (TPSA) is 41.9 Å². The molecular formula is C17H22N2O2S4. The summed E-state index contributed by atoms with van der Waals surface area (Å²) >= 11 is 3.14. The van der Waals surface area contributed by atoms with Crippen LogP contribution in [0.4, 0.5) is 4.79 Å². The van der Waals surface area contributed by atoms with Crippen molar-refractivity contribution in [3.8, 4) is 0 Å². The van der Waals surface area contributed by atoms with E-state index in [4.69, 9.17) is 4.84 Å². The molecule has 4 nitrogen and oxygen atoms in total. The first-order chi connectivity index (χ1) is 11.8. The molecule has 0 bridgehead atoms. The highest BCUT2D eigenvalue weighted by Crippen LogP contribution is 2.36. The zero-order valence-electron chi connectivity index (χ0n) is 14.7. The first-order valence-electron chi connectivity index (χ1n) is 7.69. The summed E-state index contributed by atoms with van der Waals surface area (Å²) in [7, 11) is 4.49. The Labute approximate surface area is 166 Å². The van der Waals surface area contributed by atoms with E-state index in [1.54, 1.807) is 30.6 Å².